The maximum absolute atomic E-state index is 11.6. The molecule has 0 aromatic carbocycles. The van der Waals surface area contributed by atoms with Crippen LogP contribution in [0.4, 0.5) is 0 Å². The lowest BCUT2D eigenvalue weighted by Crippen LogP contribution is -2.49. The van der Waals surface area contributed by atoms with Gasteiger partial charge >= 0.3 is 5.97 Å². The molecule has 4 nitrogen and oxygen atoms in total. The summed E-state index contributed by atoms with van der Waals surface area (Å²) in [6, 6.07) is 0.591. The number of carbonyl (C=O) groups excluding carboxylic acids is 1. The standard InChI is InChI=1S/C13H24N2O2/c1-2-17-13(16)11-5-6-12(15-9-11)10-4-3-7-14-8-10/h10-12,14-15H,2-9H2,1H3. The molecule has 4 heteroatoms. The minimum atomic E-state index is -0.0276. The summed E-state index contributed by atoms with van der Waals surface area (Å²) in [5, 5.41) is 6.99. The zero-order chi connectivity index (χ0) is 12.1. The summed E-state index contributed by atoms with van der Waals surface area (Å²) in [5.74, 6) is 0.787. The molecule has 0 amide bonds. The van der Waals surface area contributed by atoms with E-state index in [0.717, 1.165) is 38.4 Å². The first-order valence-electron chi connectivity index (χ1n) is 6.92. The second-order valence-corrected chi connectivity index (χ2v) is 5.15. The molecule has 17 heavy (non-hydrogen) atoms. The first kappa shape index (κ1) is 12.8. The van der Waals surface area contributed by atoms with Gasteiger partial charge in [-0.25, -0.2) is 0 Å². The van der Waals surface area contributed by atoms with Crippen LogP contribution in [0.25, 0.3) is 0 Å². The lowest BCUT2D eigenvalue weighted by molar-refractivity contribution is -0.148. The second-order valence-electron chi connectivity index (χ2n) is 5.15. The molecule has 3 atom stereocenters. The molecule has 2 aliphatic rings. The van der Waals surface area contributed by atoms with Crippen molar-refractivity contribution >= 4 is 5.97 Å². The molecule has 2 heterocycles. The molecule has 2 aliphatic heterocycles. The van der Waals surface area contributed by atoms with E-state index in [0.29, 0.717) is 12.6 Å². The topological polar surface area (TPSA) is 50.4 Å². The van der Waals surface area contributed by atoms with E-state index < -0.39 is 0 Å². The molecule has 2 rings (SSSR count). The lowest BCUT2D eigenvalue weighted by atomic mass is 9.84. The maximum atomic E-state index is 11.6. The molecule has 98 valence electrons. The van der Waals surface area contributed by atoms with Crippen molar-refractivity contribution in [3.63, 3.8) is 0 Å². The fraction of sp³-hybridized carbons (Fsp3) is 0.923. The predicted molar refractivity (Wildman–Crippen MR) is 66.7 cm³/mol. The molecule has 0 aliphatic carbocycles. The maximum Gasteiger partial charge on any atom is 0.310 e. The van der Waals surface area contributed by atoms with Crippen LogP contribution in [0.1, 0.15) is 32.6 Å². The van der Waals surface area contributed by atoms with Gasteiger partial charge in [-0.1, -0.05) is 0 Å². The zero-order valence-electron chi connectivity index (χ0n) is 10.7. The Kier molecular flexibility index (Phi) is 4.80. The molecule has 0 radical (unpaired) electrons. The molecule has 3 unspecified atom stereocenters. The average Bonchev–Trinajstić information content (AvgIpc) is 2.40. The minimum Gasteiger partial charge on any atom is -0.466 e. The molecule has 2 saturated heterocycles. The molecular formula is C13H24N2O2. The van der Waals surface area contributed by atoms with Crippen molar-refractivity contribution in [2.45, 2.75) is 38.6 Å². The van der Waals surface area contributed by atoms with E-state index >= 15 is 0 Å². The molecule has 0 saturated carbocycles. The summed E-state index contributed by atoms with van der Waals surface area (Å²) in [6.45, 7) is 5.44. The van der Waals surface area contributed by atoms with Crippen LogP contribution in [-0.2, 0) is 9.53 Å². The van der Waals surface area contributed by atoms with Gasteiger partial charge in [-0.2, -0.15) is 0 Å². The Morgan fingerprint density at radius 1 is 1.29 bits per heavy atom. The van der Waals surface area contributed by atoms with E-state index in [1.807, 2.05) is 6.92 Å². The number of rotatable bonds is 3. The molecule has 0 aromatic rings. The lowest BCUT2D eigenvalue weighted by Gasteiger charge is -2.36. The first-order valence-corrected chi connectivity index (χ1v) is 6.92. The summed E-state index contributed by atoms with van der Waals surface area (Å²) in [6.07, 6.45) is 4.68. The third kappa shape index (κ3) is 3.42. The van der Waals surface area contributed by atoms with Crippen LogP contribution in [0.3, 0.4) is 0 Å². The molecule has 0 aromatic heterocycles. The SMILES string of the molecule is CCOC(=O)C1CCC(C2CCCNC2)NC1. The van der Waals surface area contributed by atoms with Gasteiger partial charge in [-0.15, -0.1) is 0 Å². The highest BCUT2D eigenvalue weighted by molar-refractivity contribution is 5.72. The Bertz CT molecular complexity index is 244. The molecular weight excluding hydrogens is 216 g/mol. The van der Waals surface area contributed by atoms with Crippen LogP contribution in [0, 0.1) is 11.8 Å². The number of hydrogen-bond donors (Lipinski definition) is 2. The minimum absolute atomic E-state index is 0.0276. The highest BCUT2D eigenvalue weighted by atomic mass is 16.5. The number of esters is 1. The van der Waals surface area contributed by atoms with Crippen molar-refractivity contribution in [3.8, 4) is 0 Å². The normalized spacial score (nSPS) is 34.3. The molecule has 0 bridgehead atoms. The van der Waals surface area contributed by atoms with Gasteiger partial charge in [0, 0.05) is 12.6 Å². The Balaban J connectivity index is 1.75. The zero-order valence-corrected chi connectivity index (χ0v) is 10.7. The van der Waals surface area contributed by atoms with E-state index in [2.05, 4.69) is 10.6 Å². The van der Waals surface area contributed by atoms with Gasteiger partial charge in [0.1, 0.15) is 0 Å². The summed E-state index contributed by atoms with van der Waals surface area (Å²) in [5.41, 5.74) is 0. The van der Waals surface area contributed by atoms with E-state index in [-0.39, 0.29) is 11.9 Å². The van der Waals surface area contributed by atoms with Crippen LogP contribution in [0.2, 0.25) is 0 Å². The monoisotopic (exact) mass is 240 g/mol. The smallest absolute Gasteiger partial charge is 0.310 e. The second kappa shape index (κ2) is 6.36. The van der Waals surface area contributed by atoms with Gasteiger partial charge in [0.15, 0.2) is 0 Å². The number of hydrogen-bond acceptors (Lipinski definition) is 4. The van der Waals surface area contributed by atoms with Gasteiger partial charge in [0.25, 0.3) is 0 Å². The molecule has 0 spiro atoms. The average molecular weight is 240 g/mol. The summed E-state index contributed by atoms with van der Waals surface area (Å²) in [4.78, 5) is 11.6. The first-order chi connectivity index (χ1) is 8.31. The Labute approximate surface area is 103 Å². The van der Waals surface area contributed by atoms with E-state index in [9.17, 15) is 4.79 Å². The van der Waals surface area contributed by atoms with E-state index in [1.165, 1.54) is 12.8 Å². The van der Waals surface area contributed by atoms with Crippen molar-refractivity contribution in [1.29, 1.82) is 0 Å². The largest absolute Gasteiger partial charge is 0.466 e. The number of carbonyl (C=O) groups is 1. The third-order valence-corrected chi connectivity index (χ3v) is 3.98. The van der Waals surface area contributed by atoms with Gasteiger partial charge in [0.2, 0.25) is 0 Å². The third-order valence-electron chi connectivity index (χ3n) is 3.98. The summed E-state index contributed by atoms with van der Waals surface area (Å²) >= 11 is 0. The quantitative estimate of drug-likeness (QED) is 0.720. The van der Waals surface area contributed by atoms with Crippen molar-refractivity contribution in [2.75, 3.05) is 26.2 Å². The summed E-state index contributed by atoms with van der Waals surface area (Å²) in [7, 11) is 0. The van der Waals surface area contributed by atoms with Gasteiger partial charge < -0.3 is 15.4 Å². The fourth-order valence-corrected chi connectivity index (χ4v) is 2.96. The highest BCUT2D eigenvalue weighted by Gasteiger charge is 2.31. The van der Waals surface area contributed by atoms with Crippen LogP contribution in [0.5, 0.6) is 0 Å². The number of piperidine rings is 2. The molecule has 2 fully saturated rings. The van der Waals surface area contributed by atoms with Crippen LogP contribution in [0.15, 0.2) is 0 Å². The van der Waals surface area contributed by atoms with E-state index in [1.54, 1.807) is 0 Å². The fourth-order valence-electron chi connectivity index (χ4n) is 2.96. The van der Waals surface area contributed by atoms with E-state index in [4.69, 9.17) is 4.74 Å². The number of ether oxygens (including phenoxy) is 1. The van der Waals surface area contributed by atoms with Gasteiger partial charge in [-0.05, 0) is 51.6 Å². The van der Waals surface area contributed by atoms with Gasteiger partial charge in [-0.3, -0.25) is 4.79 Å². The molecule has 2 N–H and O–H groups in total. The van der Waals surface area contributed by atoms with Crippen LogP contribution in [-0.4, -0.2) is 38.3 Å². The van der Waals surface area contributed by atoms with Crippen molar-refractivity contribution < 1.29 is 9.53 Å². The highest BCUT2D eigenvalue weighted by Crippen LogP contribution is 2.24. The Hall–Kier alpha value is -0.610. The van der Waals surface area contributed by atoms with Crippen LogP contribution < -0.4 is 10.6 Å². The van der Waals surface area contributed by atoms with Crippen molar-refractivity contribution in [2.24, 2.45) is 11.8 Å². The summed E-state index contributed by atoms with van der Waals surface area (Å²) < 4.78 is 5.07. The van der Waals surface area contributed by atoms with Crippen LogP contribution >= 0.6 is 0 Å². The number of nitrogens with one attached hydrogen (secondary N) is 2. The van der Waals surface area contributed by atoms with Crippen molar-refractivity contribution in [3.05, 3.63) is 0 Å². The predicted octanol–water partition coefficient (Wildman–Crippen LogP) is 0.917. The Morgan fingerprint density at radius 3 is 2.76 bits per heavy atom. The van der Waals surface area contributed by atoms with Gasteiger partial charge in [0.05, 0.1) is 12.5 Å². The van der Waals surface area contributed by atoms with Crippen molar-refractivity contribution in [1.82, 2.24) is 10.6 Å². The Morgan fingerprint density at radius 2 is 2.18 bits per heavy atom.